The molecule has 1 N–H and O–H groups in total. The molecular formula is C15H16Br2N2O2. The van der Waals surface area contributed by atoms with Crippen LogP contribution in [-0.4, -0.2) is 18.2 Å². The van der Waals surface area contributed by atoms with Crippen LogP contribution in [0.1, 0.15) is 5.56 Å². The summed E-state index contributed by atoms with van der Waals surface area (Å²) in [5.74, 6) is 0.749. The fraction of sp³-hybridized carbons (Fsp3) is 0.267. The minimum atomic E-state index is -0.0244. The normalized spacial score (nSPS) is 10.6. The van der Waals surface area contributed by atoms with Crippen LogP contribution < -0.4 is 15.6 Å². The van der Waals surface area contributed by atoms with Crippen LogP contribution in [0.4, 0.5) is 0 Å². The van der Waals surface area contributed by atoms with Crippen molar-refractivity contribution in [2.24, 2.45) is 0 Å². The maximum absolute atomic E-state index is 11.6. The second-order valence-electron chi connectivity index (χ2n) is 4.50. The molecule has 6 heteroatoms. The maximum Gasteiger partial charge on any atom is 0.250 e. The van der Waals surface area contributed by atoms with Gasteiger partial charge < -0.3 is 14.6 Å². The van der Waals surface area contributed by atoms with Gasteiger partial charge in [0.1, 0.15) is 12.4 Å². The van der Waals surface area contributed by atoms with Crippen LogP contribution in [0.15, 0.2) is 50.3 Å². The molecule has 0 amide bonds. The summed E-state index contributed by atoms with van der Waals surface area (Å²) in [6, 6.07) is 9.14. The Hall–Kier alpha value is -1.11. The summed E-state index contributed by atoms with van der Waals surface area (Å²) in [5, 5.41) is 3.11. The van der Waals surface area contributed by atoms with Crippen LogP contribution in [0.3, 0.4) is 0 Å². The van der Waals surface area contributed by atoms with E-state index in [1.54, 1.807) is 22.9 Å². The van der Waals surface area contributed by atoms with Crippen molar-refractivity contribution in [1.82, 2.24) is 9.88 Å². The van der Waals surface area contributed by atoms with Gasteiger partial charge in [-0.25, -0.2) is 0 Å². The third-order valence-electron chi connectivity index (χ3n) is 2.92. The highest BCUT2D eigenvalue weighted by molar-refractivity contribution is 9.11. The molecule has 1 aromatic carbocycles. The molecule has 112 valence electrons. The van der Waals surface area contributed by atoms with E-state index >= 15 is 0 Å². The number of pyridine rings is 1. The minimum Gasteiger partial charge on any atom is -0.489 e. The third kappa shape index (κ3) is 4.43. The topological polar surface area (TPSA) is 43.3 Å². The number of aromatic nitrogens is 1. The zero-order valence-electron chi connectivity index (χ0n) is 11.6. The Balaban J connectivity index is 2.03. The van der Waals surface area contributed by atoms with Gasteiger partial charge >= 0.3 is 0 Å². The van der Waals surface area contributed by atoms with Crippen molar-refractivity contribution in [3.8, 4) is 5.75 Å². The summed E-state index contributed by atoms with van der Waals surface area (Å²) in [6.07, 6.45) is 1.76. The molecule has 0 aliphatic heterocycles. The predicted molar refractivity (Wildman–Crippen MR) is 90.8 cm³/mol. The van der Waals surface area contributed by atoms with Gasteiger partial charge in [0.05, 0.1) is 15.5 Å². The van der Waals surface area contributed by atoms with Crippen LogP contribution in [0.2, 0.25) is 0 Å². The summed E-state index contributed by atoms with van der Waals surface area (Å²) >= 11 is 7.04. The molecule has 0 unspecified atom stereocenters. The summed E-state index contributed by atoms with van der Waals surface area (Å²) in [5.41, 5.74) is 1.13. The van der Waals surface area contributed by atoms with Crippen molar-refractivity contribution in [1.29, 1.82) is 0 Å². The first-order valence-electron chi connectivity index (χ1n) is 6.52. The Morgan fingerprint density at radius 2 is 1.95 bits per heavy atom. The standard InChI is InChI=1S/C15H16Br2N2O2/c1-18-10-11-8-12(16)15(13(17)9-11)21-7-6-19-5-3-2-4-14(19)20/h2-5,8-9,18H,6-7,10H2,1H3. The quantitative estimate of drug-likeness (QED) is 0.787. The number of benzene rings is 1. The lowest BCUT2D eigenvalue weighted by molar-refractivity contribution is 0.293. The molecular weight excluding hydrogens is 400 g/mol. The lowest BCUT2D eigenvalue weighted by atomic mass is 10.2. The number of hydrogen-bond donors (Lipinski definition) is 1. The summed E-state index contributed by atoms with van der Waals surface area (Å²) in [7, 11) is 1.91. The summed E-state index contributed by atoms with van der Waals surface area (Å²) in [4.78, 5) is 11.6. The molecule has 0 aliphatic carbocycles. The lowest BCUT2D eigenvalue weighted by Crippen LogP contribution is -2.21. The maximum atomic E-state index is 11.6. The second kappa shape index (κ2) is 7.77. The van der Waals surface area contributed by atoms with E-state index in [2.05, 4.69) is 37.2 Å². The van der Waals surface area contributed by atoms with Crippen molar-refractivity contribution in [2.45, 2.75) is 13.1 Å². The SMILES string of the molecule is CNCc1cc(Br)c(OCCn2ccccc2=O)c(Br)c1. The Bertz CT molecular complexity index is 648. The molecule has 0 spiro atoms. The largest absolute Gasteiger partial charge is 0.489 e. The highest BCUT2D eigenvalue weighted by Gasteiger charge is 2.09. The van der Waals surface area contributed by atoms with Crippen molar-refractivity contribution < 1.29 is 4.74 Å². The van der Waals surface area contributed by atoms with Gasteiger partial charge in [-0.15, -0.1) is 0 Å². The van der Waals surface area contributed by atoms with Crippen molar-refractivity contribution in [3.63, 3.8) is 0 Å². The highest BCUT2D eigenvalue weighted by Crippen LogP contribution is 2.34. The number of nitrogens with one attached hydrogen (secondary N) is 1. The summed E-state index contributed by atoms with van der Waals surface area (Å²) < 4.78 is 9.19. The van der Waals surface area contributed by atoms with Gasteiger partial charge in [-0.05, 0) is 62.7 Å². The fourth-order valence-electron chi connectivity index (χ4n) is 1.95. The van der Waals surface area contributed by atoms with Gasteiger partial charge in [-0.2, -0.15) is 0 Å². The van der Waals surface area contributed by atoms with E-state index in [4.69, 9.17) is 4.74 Å². The van der Waals surface area contributed by atoms with E-state index in [-0.39, 0.29) is 5.56 Å². The molecule has 1 aromatic heterocycles. The lowest BCUT2D eigenvalue weighted by Gasteiger charge is -2.13. The average Bonchev–Trinajstić information content (AvgIpc) is 2.44. The fourth-order valence-corrected chi connectivity index (χ4v) is 3.46. The van der Waals surface area contributed by atoms with Crippen LogP contribution in [0, 0.1) is 0 Å². The molecule has 4 nitrogen and oxygen atoms in total. The van der Waals surface area contributed by atoms with Crippen LogP contribution in [0.25, 0.3) is 0 Å². The Morgan fingerprint density at radius 1 is 1.24 bits per heavy atom. The number of nitrogens with zero attached hydrogens (tertiary/aromatic N) is 1. The molecule has 1 heterocycles. The highest BCUT2D eigenvalue weighted by atomic mass is 79.9. The average molecular weight is 416 g/mol. The van der Waals surface area contributed by atoms with Gasteiger partial charge in [0.25, 0.3) is 5.56 Å². The molecule has 2 aromatic rings. The molecule has 2 rings (SSSR count). The second-order valence-corrected chi connectivity index (χ2v) is 6.21. The minimum absolute atomic E-state index is 0.0244. The zero-order chi connectivity index (χ0) is 15.2. The van der Waals surface area contributed by atoms with Gasteiger partial charge in [-0.1, -0.05) is 6.07 Å². The van der Waals surface area contributed by atoms with E-state index in [0.717, 1.165) is 26.8 Å². The first kappa shape index (κ1) is 16.3. The Labute approximate surface area is 140 Å². The molecule has 0 fully saturated rings. The number of rotatable bonds is 6. The number of halogens is 2. The van der Waals surface area contributed by atoms with Crippen molar-refractivity contribution >= 4 is 31.9 Å². The Kier molecular flexibility index (Phi) is 6.02. The predicted octanol–water partition coefficient (Wildman–Crippen LogP) is 3.17. The van der Waals surface area contributed by atoms with E-state index in [9.17, 15) is 4.79 Å². The smallest absolute Gasteiger partial charge is 0.250 e. The molecule has 0 aliphatic rings. The number of hydrogen-bond acceptors (Lipinski definition) is 3. The zero-order valence-corrected chi connectivity index (χ0v) is 14.8. The first-order chi connectivity index (χ1) is 10.1. The molecule has 0 atom stereocenters. The molecule has 0 radical (unpaired) electrons. The van der Waals surface area contributed by atoms with E-state index in [1.165, 1.54) is 0 Å². The van der Waals surface area contributed by atoms with Crippen molar-refractivity contribution in [2.75, 3.05) is 13.7 Å². The van der Waals surface area contributed by atoms with E-state index < -0.39 is 0 Å². The Morgan fingerprint density at radius 3 is 2.57 bits per heavy atom. The van der Waals surface area contributed by atoms with Gasteiger partial charge in [0, 0.05) is 18.8 Å². The van der Waals surface area contributed by atoms with Crippen LogP contribution >= 0.6 is 31.9 Å². The van der Waals surface area contributed by atoms with Gasteiger partial charge in [0.15, 0.2) is 0 Å². The number of ether oxygens (including phenoxy) is 1. The molecule has 0 saturated carbocycles. The molecule has 0 bridgehead atoms. The van der Waals surface area contributed by atoms with E-state index in [0.29, 0.717) is 13.2 Å². The first-order valence-corrected chi connectivity index (χ1v) is 8.11. The van der Waals surface area contributed by atoms with Crippen LogP contribution in [0.5, 0.6) is 5.75 Å². The van der Waals surface area contributed by atoms with Crippen molar-refractivity contribution in [3.05, 3.63) is 61.4 Å². The van der Waals surface area contributed by atoms with Crippen LogP contribution in [-0.2, 0) is 13.1 Å². The monoisotopic (exact) mass is 414 g/mol. The molecule has 21 heavy (non-hydrogen) atoms. The van der Waals surface area contributed by atoms with E-state index in [1.807, 2.05) is 25.2 Å². The third-order valence-corrected chi connectivity index (χ3v) is 4.09. The van der Waals surface area contributed by atoms with Gasteiger partial charge in [0.2, 0.25) is 0 Å². The van der Waals surface area contributed by atoms with Gasteiger partial charge in [-0.3, -0.25) is 4.79 Å². The summed E-state index contributed by atoms with van der Waals surface area (Å²) in [6.45, 7) is 1.72. The molecule has 0 saturated heterocycles.